The highest BCUT2D eigenvalue weighted by molar-refractivity contribution is 5.99. The first-order valence-corrected chi connectivity index (χ1v) is 5.60. The SMILES string of the molecule is Nc1ccc([N+](=O)[O-])c(C(=O)NCCOCC(F)F)c1. The van der Waals surface area contributed by atoms with E-state index in [9.17, 15) is 23.7 Å². The van der Waals surface area contributed by atoms with Gasteiger partial charge in [-0.25, -0.2) is 8.78 Å². The summed E-state index contributed by atoms with van der Waals surface area (Å²) >= 11 is 0. The topological polar surface area (TPSA) is 107 Å². The van der Waals surface area contributed by atoms with Crippen molar-refractivity contribution >= 4 is 17.3 Å². The third-order valence-electron chi connectivity index (χ3n) is 2.24. The normalized spacial score (nSPS) is 10.6. The van der Waals surface area contributed by atoms with Gasteiger partial charge >= 0.3 is 0 Å². The molecule has 0 aliphatic heterocycles. The number of benzene rings is 1. The Kier molecular flexibility index (Phi) is 5.78. The number of nitro groups is 1. The van der Waals surface area contributed by atoms with Gasteiger partial charge in [0.05, 0.1) is 11.5 Å². The van der Waals surface area contributed by atoms with E-state index in [1.165, 1.54) is 12.1 Å². The minimum atomic E-state index is -2.58. The number of halogens is 2. The number of amides is 1. The molecule has 0 aliphatic rings. The van der Waals surface area contributed by atoms with Crippen molar-refractivity contribution in [3.8, 4) is 0 Å². The summed E-state index contributed by atoms with van der Waals surface area (Å²) < 4.78 is 28.1. The molecule has 0 saturated carbocycles. The van der Waals surface area contributed by atoms with Gasteiger partial charge in [-0.15, -0.1) is 0 Å². The molecule has 0 fully saturated rings. The Morgan fingerprint density at radius 2 is 2.20 bits per heavy atom. The Morgan fingerprint density at radius 1 is 1.50 bits per heavy atom. The predicted octanol–water partition coefficient (Wildman–Crippen LogP) is 1.19. The number of anilines is 1. The van der Waals surface area contributed by atoms with Crippen molar-refractivity contribution in [3.63, 3.8) is 0 Å². The molecule has 0 heterocycles. The molecule has 9 heteroatoms. The summed E-state index contributed by atoms with van der Waals surface area (Å²) in [6.45, 7) is -0.891. The van der Waals surface area contributed by atoms with E-state index in [0.29, 0.717) is 0 Å². The molecular weight excluding hydrogens is 276 g/mol. The summed E-state index contributed by atoms with van der Waals surface area (Å²) in [5, 5.41) is 13.1. The maximum atomic E-state index is 11.8. The van der Waals surface area contributed by atoms with E-state index in [1.54, 1.807) is 0 Å². The van der Waals surface area contributed by atoms with Gasteiger partial charge in [-0.05, 0) is 12.1 Å². The zero-order valence-electron chi connectivity index (χ0n) is 10.3. The fourth-order valence-corrected chi connectivity index (χ4v) is 1.40. The Balaban J connectivity index is 2.59. The minimum Gasteiger partial charge on any atom is -0.399 e. The van der Waals surface area contributed by atoms with Crippen LogP contribution < -0.4 is 11.1 Å². The van der Waals surface area contributed by atoms with Crippen molar-refractivity contribution < 1.29 is 23.2 Å². The molecule has 1 aromatic rings. The molecule has 0 unspecified atom stereocenters. The minimum absolute atomic E-state index is 0.0441. The van der Waals surface area contributed by atoms with Crippen molar-refractivity contribution in [2.24, 2.45) is 0 Å². The van der Waals surface area contributed by atoms with Gasteiger partial charge in [-0.3, -0.25) is 14.9 Å². The first-order chi connectivity index (χ1) is 9.41. The highest BCUT2D eigenvalue weighted by Gasteiger charge is 2.19. The monoisotopic (exact) mass is 289 g/mol. The second-order valence-electron chi connectivity index (χ2n) is 3.76. The van der Waals surface area contributed by atoms with E-state index in [1.807, 2.05) is 0 Å². The average molecular weight is 289 g/mol. The number of alkyl halides is 2. The second kappa shape index (κ2) is 7.34. The van der Waals surface area contributed by atoms with Gasteiger partial charge in [0.1, 0.15) is 12.2 Å². The number of nitrogens with zero attached hydrogens (tertiary/aromatic N) is 1. The lowest BCUT2D eigenvalue weighted by atomic mass is 10.1. The number of hydrogen-bond donors (Lipinski definition) is 2. The van der Waals surface area contributed by atoms with Crippen molar-refractivity contribution in [1.82, 2.24) is 5.32 Å². The smallest absolute Gasteiger partial charge is 0.282 e. The van der Waals surface area contributed by atoms with E-state index in [-0.39, 0.29) is 30.1 Å². The Labute approximate surface area is 112 Å². The number of carbonyl (C=O) groups excluding carboxylic acids is 1. The first kappa shape index (κ1) is 15.8. The number of nitro benzene ring substituents is 1. The highest BCUT2D eigenvalue weighted by atomic mass is 19.3. The number of ether oxygens (including phenoxy) is 1. The molecule has 110 valence electrons. The Hall–Kier alpha value is -2.29. The molecule has 20 heavy (non-hydrogen) atoms. The standard InChI is InChI=1S/C11H13F2N3O4/c12-10(13)6-20-4-3-15-11(17)8-5-7(14)1-2-9(8)16(18)19/h1-2,5,10H,3-4,6,14H2,(H,15,17). The van der Waals surface area contributed by atoms with Crippen LogP contribution in [0.15, 0.2) is 18.2 Å². The summed E-state index contributed by atoms with van der Waals surface area (Å²) in [6.07, 6.45) is -2.58. The summed E-state index contributed by atoms with van der Waals surface area (Å²) in [4.78, 5) is 21.8. The lowest BCUT2D eigenvalue weighted by Gasteiger charge is -2.07. The van der Waals surface area contributed by atoms with Crippen LogP contribution in [0.1, 0.15) is 10.4 Å². The fourth-order valence-electron chi connectivity index (χ4n) is 1.40. The van der Waals surface area contributed by atoms with E-state index in [2.05, 4.69) is 10.1 Å². The van der Waals surface area contributed by atoms with Crippen molar-refractivity contribution in [3.05, 3.63) is 33.9 Å². The van der Waals surface area contributed by atoms with E-state index < -0.39 is 23.9 Å². The number of carbonyl (C=O) groups is 1. The van der Waals surface area contributed by atoms with Gasteiger partial charge in [0, 0.05) is 18.3 Å². The van der Waals surface area contributed by atoms with Crippen LogP contribution in [0, 0.1) is 10.1 Å². The molecule has 0 saturated heterocycles. The number of hydrogen-bond acceptors (Lipinski definition) is 5. The first-order valence-electron chi connectivity index (χ1n) is 5.60. The maximum Gasteiger partial charge on any atom is 0.282 e. The van der Waals surface area contributed by atoms with Gasteiger partial charge in [0.2, 0.25) is 0 Å². The summed E-state index contributed by atoms with van der Waals surface area (Å²) in [5.74, 6) is -0.718. The predicted molar refractivity (Wildman–Crippen MR) is 66.7 cm³/mol. The molecule has 0 spiro atoms. The zero-order valence-corrected chi connectivity index (χ0v) is 10.3. The molecule has 1 rings (SSSR count). The van der Waals surface area contributed by atoms with Crippen molar-refractivity contribution in [2.75, 3.05) is 25.5 Å². The molecule has 0 aliphatic carbocycles. The van der Waals surface area contributed by atoms with Gasteiger partial charge in [-0.1, -0.05) is 0 Å². The van der Waals surface area contributed by atoms with Crippen LogP contribution in [0.3, 0.4) is 0 Å². The summed E-state index contributed by atoms with van der Waals surface area (Å²) in [5.41, 5.74) is 5.09. The summed E-state index contributed by atoms with van der Waals surface area (Å²) in [6, 6.07) is 3.60. The highest BCUT2D eigenvalue weighted by Crippen LogP contribution is 2.20. The van der Waals surface area contributed by atoms with Crippen LogP contribution in [0.2, 0.25) is 0 Å². The number of nitrogens with two attached hydrogens (primary N) is 1. The fraction of sp³-hybridized carbons (Fsp3) is 0.364. The molecule has 0 bridgehead atoms. The summed E-state index contributed by atoms with van der Waals surface area (Å²) in [7, 11) is 0. The largest absolute Gasteiger partial charge is 0.399 e. The van der Waals surface area contributed by atoms with Crippen LogP contribution in [0.5, 0.6) is 0 Å². The molecule has 0 atom stereocenters. The van der Waals surface area contributed by atoms with Crippen LogP contribution >= 0.6 is 0 Å². The van der Waals surface area contributed by atoms with Gasteiger partial charge < -0.3 is 15.8 Å². The average Bonchev–Trinajstić information content (AvgIpc) is 2.37. The third kappa shape index (κ3) is 4.76. The number of rotatable bonds is 7. The van der Waals surface area contributed by atoms with E-state index >= 15 is 0 Å². The Bertz CT molecular complexity index is 497. The molecule has 1 aromatic carbocycles. The van der Waals surface area contributed by atoms with Crippen LogP contribution in [-0.2, 0) is 4.74 Å². The molecule has 0 radical (unpaired) electrons. The molecule has 1 amide bonds. The second-order valence-corrected chi connectivity index (χ2v) is 3.76. The van der Waals surface area contributed by atoms with Gasteiger partial charge in [0.15, 0.2) is 0 Å². The quantitative estimate of drug-likeness (QED) is 0.339. The number of nitrogen functional groups attached to an aromatic ring is 1. The lowest BCUT2D eigenvalue weighted by Crippen LogP contribution is -2.28. The molecule has 0 aromatic heterocycles. The van der Waals surface area contributed by atoms with E-state index in [4.69, 9.17) is 5.73 Å². The maximum absolute atomic E-state index is 11.8. The Morgan fingerprint density at radius 3 is 2.80 bits per heavy atom. The number of nitrogens with one attached hydrogen (secondary N) is 1. The zero-order chi connectivity index (χ0) is 15.1. The van der Waals surface area contributed by atoms with Crippen LogP contribution in [-0.4, -0.2) is 37.0 Å². The van der Waals surface area contributed by atoms with Crippen LogP contribution in [0.25, 0.3) is 0 Å². The lowest BCUT2D eigenvalue weighted by molar-refractivity contribution is -0.385. The third-order valence-corrected chi connectivity index (χ3v) is 2.24. The van der Waals surface area contributed by atoms with Crippen LogP contribution in [0.4, 0.5) is 20.2 Å². The van der Waals surface area contributed by atoms with Crippen molar-refractivity contribution in [2.45, 2.75) is 6.43 Å². The molecule has 3 N–H and O–H groups in total. The van der Waals surface area contributed by atoms with Gasteiger partial charge in [-0.2, -0.15) is 0 Å². The van der Waals surface area contributed by atoms with Gasteiger partial charge in [0.25, 0.3) is 18.0 Å². The molecular formula is C11H13F2N3O4. The van der Waals surface area contributed by atoms with Crippen molar-refractivity contribution in [1.29, 1.82) is 0 Å². The molecule has 7 nitrogen and oxygen atoms in total. The van der Waals surface area contributed by atoms with E-state index in [0.717, 1.165) is 6.07 Å².